The topological polar surface area (TPSA) is 64.3 Å². The van der Waals surface area contributed by atoms with Crippen molar-refractivity contribution in [3.05, 3.63) is 35.1 Å². The molecule has 100 valence electrons. The Balaban J connectivity index is 2.41. The van der Waals surface area contributed by atoms with E-state index >= 15 is 0 Å². The Kier molecular flexibility index (Phi) is 5.74. The van der Waals surface area contributed by atoms with Gasteiger partial charge in [-0.05, 0) is 26.0 Å². The van der Waals surface area contributed by atoms with E-state index in [1.807, 2.05) is 13.8 Å². The molecule has 0 saturated heterocycles. The van der Waals surface area contributed by atoms with Crippen molar-refractivity contribution in [3.8, 4) is 0 Å². The van der Waals surface area contributed by atoms with Gasteiger partial charge in [0, 0.05) is 24.2 Å². The number of benzene rings is 1. The van der Waals surface area contributed by atoms with E-state index in [9.17, 15) is 9.18 Å². The van der Waals surface area contributed by atoms with Gasteiger partial charge in [-0.25, -0.2) is 4.39 Å². The van der Waals surface area contributed by atoms with Gasteiger partial charge in [0.15, 0.2) is 0 Å². The normalized spacial score (nSPS) is 10.9. The van der Waals surface area contributed by atoms with Crippen LogP contribution in [0.5, 0.6) is 0 Å². The van der Waals surface area contributed by atoms with E-state index in [0.717, 1.165) is 6.07 Å². The highest BCUT2D eigenvalue weighted by Gasteiger charge is 2.06. The second-order valence-corrected chi connectivity index (χ2v) is 4.27. The van der Waals surface area contributed by atoms with Gasteiger partial charge in [-0.3, -0.25) is 4.79 Å². The zero-order chi connectivity index (χ0) is 13.5. The molecular formula is C13H19FN2O2. The second kappa shape index (κ2) is 7.08. The minimum Gasteiger partial charge on any atom is -0.377 e. The predicted octanol–water partition coefficient (Wildman–Crippen LogP) is 1.44. The molecule has 0 unspecified atom stereocenters. The first-order valence-corrected chi connectivity index (χ1v) is 5.91. The van der Waals surface area contributed by atoms with Crippen LogP contribution in [0.25, 0.3) is 0 Å². The highest BCUT2D eigenvalue weighted by molar-refractivity contribution is 5.92. The summed E-state index contributed by atoms with van der Waals surface area (Å²) in [7, 11) is 0. The van der Waals surface area contributed by atoms with E-state index in [4.69, 9.17) is 10.5 Å². The van der Waals surface area contributed by atoms with Crippen LogP contribution in [0.3, 0.4) is 0 Å². The first-order valence-electron chi connectivity index (χ1n) is 5.91. The van der Waals surface area contributed by atoms with E-state index in [2.05, 4.69) is 5.32 Å². The lowest BCUT2D eigenvalue weighted by Gasteiger charge is -2.09. The van der Waals surface area contributed by atoms with Gasteiger partial charge in [-0.1, -0.05) is 6.07 Å². The van der Waals surface area contributed by atoms with Gasteiger partial charge >= 0.3 is 0 Å². The molecule has 0 atom stereocenters. The molecule has 1 amide bonds. The molecule has 0 spiro atoms. The van der Waals surface area contributed by atoms with Crippen molar-refractivity contribution in [3.63, 3.8) is 0 Å². The summed E-state index contributed by atoms with van der Waals surface area (Å²) in [6.45, 7) is 5.55. The van der Waals surface area contributed by atoms with Crippen LogP contribution >= 0.6 is 0 Å². The van der Waals surface area contributed by atoms with Crippen molar-refractivity contribution in [2.75, 3.05) is 13.2 Å². The van der Waals surface area contributed by atoms with E-state index in [-0.39, 0.29) is 11.7 Å². The molecule has 0 saturated carbocycles. The number of hydrogen-bond acceptors (Lipinski definition) is 3. The number of amides is 1. The van der Waals surface area contributed by atoms with Crippen molar-refractivity contribution < 1.29 is 13.9 Å². The summed E-state index contributed by atoms with van der Waals surface area (Å²) in [5, 5.41) is 3.07. The molecule has 0 aliphatic carbocycles. The summed E-state index contributed by atoms with van der Waals surface area (Å²) in [5.41, 5.74) is 5.75. The molecule has 0 fully saturated rings. The molecule has 5 heteroatoms. The van der Waals surface area contributed by atoms with E-state index < -0.39 is 11.7 Å². The zero-order valence-corrected chi connectivity index (χ0v) is 10.7. The Labute approximate surface area is 106 Å². The fraction of sp³-hybridized carbons (Fsp3) is 0.462. The Morgan fingerprint density at radius 3 is 2.78 bits per heavy atom. The van der Waals surface area contributed by atoms with Gasteiger partial charge in [0.25, 0.3) is 0 Å². The van der Waals surface area contributed by atoms with Crippen molar-refractivity contribution in [2.45, 2.75) is 26.5 Å². The standard InChI is InChI=1S/C13H19FN2O2/c1-9(2)18-6-5-16-8-11-4-3-10(13(15)17)7-12(11)14/h3-4,7,9,16H,5-6,8H2,1-2H3,(H2,15,17). The minimum absolute atomic E-state index is 0.180. The van der Waals surface area contributed by atoms with Crippen LogP contribution < -0.4 is 11.1 Å². The number of carbonyl (C=O) groups excluding carboxylic acids is 1. The Morgan fingerprint density at radius 2 is 2.22 bits per heavy atom. The molecule has 0 aromatic heterocycles. The molecule has 0 aliphatic rings. The summed E-state index contributed by atoms with van der Waals surface area (Å²) < 4.78 is 18.9. The smallest absolute Gasteiger partial charge is 0.248 e. The fourth-order valence-electron chi connectivity index (χ4n) is 1.43. The Bertz CT molecular complexity index is 408. The van der Waals surface area contributed by atoms with Crippen molar-refractivity contribution in [2.24, 2.45) is 5.73 Å². The van der Waals surface area contributed by atoms with Gasteiger partial charge in [0.05, 0.1) is 12.7 Å². The van der Waals surface area contributed by atoms with Gasteiger partial charge in [-0.2, -0.15) is 0 Å². The maximum atomic E-state index is 13.6. The lowest BCUT2D eigenvalue weighted by Crippen LogP contribution is -2.21. The number of nitrogens with one attached hydrogen (secondary N) is 1. The molecule has 1 rings (SSSR count). The zero-order valence-electron chi connectivity index (χ0n) is 10.7. The Hall–Kier alpha value is -1.46. The molecule has 0 radical (unpaired) electrons. The quantitative estimate of drug-likeness (QED) is 0.724. The van der Waals surface area contributed by atoms with Crippen LogP contribution in [0.1, 0.15) is 29.8 Å². The van der Waals surface area contributed by atoms with Crippen LogP contribution in [0, 0.1) is 5.82 Å². The number of ether oxygens (including phenoxy) is 1. The molecule has 0 bridgehead atoms. The average molecular weight is 254 g/mol. The molecule has 1 aromatic carbocycles. The van der Waals surface area contributed by atoms with Crippen LogP contribution in [-0.2, 0) is 11.3 Å². The van der Waals surface area contributed by atoms with Crippen LogP contribution in [0.4, 0.5) is 4.39 Å². The summed E-state index contributed by atoms with van der Waals surface area (Å²) in [5.74, 6) is -1.05. The third-order valence-corrected chi connectivity index (χ3v) is 2.38. The number of carbonyl (C=O) groups is 1. The van der Waals surface area contributed by atoms with E-state index in [0.29, 0.717) is 25.3 Å². The van der Waals surface area contributed by atoms with Gasteiger partial charge in [0.1, 0.15) is 5.82 Å². The molecule has 4 nitrogen and oxygen atoms in total. The highest BCUT2D eigenvalue weighted by atomic mass is 19.1. The third kappa shape index (κ3) is 4.81. The molecule has 0 heterocycles. The average Bonchev–Trinajstić information content (AvgIpc) is 2.29. The highest BCUT2D eigenvalue weighted by Crippen LogP contribution is 2.09. The van der Waals surface area contributed by atoms with Crippen molar-refractivity contribution in [1.29, 1.82) is 0 Å². The van der Waals surface area contributed by atoms with Crippen molar-refractivity contribution in [1.82, 2.24) is 5.32 Å². The van der Waals surface area contributed by atoms with Crippen LogP contribution in [0.15, 0.2) is 18.2 Å². The number of nitrogens with two attached hydrogens (primary N) is 1. The summed E-state index contributed by atoms with van der Waals surface area (Å²) >= 11 is 0. The minimum atomic E-state index is -0.626. The monoisotopic (exact) mass is 254 g/mol. The first kappa shape index (κ1) is 14.6. The van der Waals surface area contributed by atoms with Crippen LogP contribution in [0.2, 0.25) is 0 Å². The predicted molar refractivity (Wildman–Crippen MR) is 67.7 cm³/mol. The summed E-state index contributed by atoms with van der Waals surface area (Å²) in [4.78, 5) is 10.9. The number of hydrogen-bond donors (Lipinski definition) is 2. The molecular weight excluding hydrogens is 235 g/mol. The largest absolute Gasteiger partial charge is 0.377 e. The number of halogens is 1. The third-order valence-electron chi connectivity index (χ3n) is 2.38. The van der Waals surface area contributed by atoms with E-state index in [1.165, 1.54) is 6.07 Å². The van der Waals surface area contributed by atoms with E-state index in [1.54, 1.807) is 6.07 Å². The maximum absolute atomic E-state index is 13.6. The van der Waals surface area contributed by atoms with Crippen molar-refractivity contribution >= 4 is 5.91 Å². The molecule has 3 N–H and O–H groups in total. The lowest BCUT2D eigenvalue weighted by molar-refractivity contribution is 0.0806. The Morgan fingerprint density at radius 1 is 1.50 bits per heavy atom. The molecule has 18 heavy (non-hydrogen) atoms. The maximum Gasteiger partial charge on any atom is 0.248 e. The summed E-state index contributed by atoms with van der Waals surface area (Å²) in [6, 6.07) is 4.24. The molecule has 1 aromatic rings. The van der Waals surface area contributed by atoms with Gasteiger partial charge in [-0.15, -0.1) is 0 Å². The van der Waals surface area contributed by atoms with Crippen LogP contribution in [-0.4, -0.2) is 25.2 Å². The number of rotatable bonds is 7. The fourth-order valence-corrected chi connectivity index (χ4v) is 1.43. The van der Waals surface area contributed by atoms with Gasteiger partial charge in [0.2, 0.25) is 5.91 Å². The lowest BCUT2D eigenvalue weighted by atomic mass is 10.1. The second-order valence-electron chi connectivity index (χ2n) is 4.27. The number of primary amides is 1. The SMILES string of the molecule is CC(C)OCCNCc1ccc(C(N)=O)cc1F. The first-order chi connectivity index (χ1) is 8.50. The van der Waals surface area contributed by atoms with Gasteiger partial charge < -0.3 is 15.8 Å². The summed E-state index contributed by atoms with van der Waals surface area (Å²) in [6.07, 6.45) is 0.193. The molecule has 0 aliphatic heterocycles.